The van der Waals surface area contributed by atoms with Gasteiger partial charge in [-0.1, -0.05) is 76.4 Å². The van der Waals surface area contributed by atoms with Gasteiger partial charge in [-0.3, -0.25) is 9.59 Å². The van der Waals surface area contributed by atoms with Crippen LogP contribution in [0.5, 0.6) is 17.2 Å². The van der Waals surface area contributed by atoms with E-state index in [0.29, 0.717) is 53.5 Å². The molecule has 0 amide bonds. The molecule has 0 heterocycles. The number of nitrogens with one attached hydrogen (secondary N) is 2. The van der Waals surface area contributed by atoms with Gasteiger partial charge in [0.05, 0.1) is 28.9 Å². The van der Waals surface area contributed by atoms with Crippen molar-refractivity contribution in [2.45, 2.75) is 73.1 Å². The van der Waals surface area contributed by atoms with Crippen molar-refractivity contribution in [3.05, 3.63) is 96.8 Å². The van der Waals surface area contributed by atoms with Gasteiger partial charge in [-0.15, -0.1) is 0 Å². The minimum atomic E-state index is -1.02. The number of ether oxygens (including phenoxy) is 1. The molecule has 1 aliphatic carbocycles. The summed E-state index contributed by atoms with van der Waals surface area (Å²) in [6.45, 7) is 9.98. The number of aryl methyl sites for hydroxylation is 2. The topological polar surface area (TPSA) is 108 Å². The largest absolute Gasteiger partial charge is 0.507 e. The van der Waals surface area contributed by atoms with Crippen molar-refractivity contribution in [3.8, 4) is 17.2 Å². The lowest BCUT2D eigenvalue weighted by Gasteiger charge is -2.29. The molecule has 0 unspecified atom stereocenters. The third-order valence-electron chi connectivity index (χ3n) is 8.86. The smallest absolute Gasteiger partial charge is 0.202 e. The number of ketones is 2. The number of carbonyl (C=O) groups is 2. The molecule has 5 rings (SSSR count). The van der Waals surface area contributed by atoms with E-state index in [0.717, 1.165) is 40.8 Å². The average Bonchev–Trinajstić information content (AvgIpc) is 3.07. The average molecular weight is 694 g/mol. The Kier molecular flexibility index (Phi) is 10.6. The Labute approximate surface area is 290 Å². The van der Waals surface area contributed by atoms with E-state index in [-0.39, 0.29) is 29.3 Å². The molecule has 0 spiro atoms. The molecule has 4 N–H and O–H groups in total. The van der Waals surface area contributed by atoms with Gasteiger partial charge < -0.3 is 25.6 Å². The number of halogens is 3. The molecule has 0 aromatic heterocycles. The van der Waals surface area contributed by atoms with Crippen LogP contribution in [0.15, 0.2) is 36.4 Å². The Hall–Kier alpha value is -4.27. The Morgan fingerprint density at radius 1 is 0.646 bits per heavy atom. The van der Waals surface area contributed by atoms with Gasteiger partial charge in [0, 0.05) is 21.4 Å². The number of benzene rings is 4. The van der Waals surface area contributed by atoms with Crippen LogP contribution in [0.2, 0.25) is 10.0 Å². The number of anilines is 4. The van der Waals surface area contributed by atoms with Gasteiger partial charge >= 0.3 is 0 Å². The first-order valence-electron chi connectivity index (χ1n) is 16.3. The highest BCUT2D eigenvalue weighted by atomic mass is 35.5. The van der Waals surface area contributed by atoms with Crippen LogP contribution in [-0.2, 0) is 25.7 Å². The zero-order valence-corrected chi connectivity index (χ0v) is 29.2. The molecule has 4 aromatic carbocycles. The molecule has 252 valence electrons. The maximum atomic E-state index is 17.4. The molecule has 0 aliphatic heterocycles. The fourth-order valence-electron chi connectivity index (χ4n) is 6.30. The second-order valence-electron chi connectivity index (χ2n) is 11.6. The zero-order chi connectivity index (χ0) is 34.9. The normalized spacial score (nSPS) is 12.2. The number of aromatic hydroxyl groups is 2. The Morgan fingerprint density at radius 2 is 1.12 bits per heavy atom. The molecule has 0 saturated carbocycles. The highest BCUT2D eigenvalue weighted by Gasteiger charge is 2.42. The lowest BCUT2D eigenvalue weighted by atomic mass is 9.81. The molecule has 0 bridgehead atoms. The lowest BCUT2D eigenvalue weighted by molar-refractivity contribution is 0.0967. The van der Waals surface area contributed by atoms with Crippen molar-refractivity contribution in [2.75, 3.05) is 17.2 Å². The van der Waals surface area contributed by atoms with Crippen molar-refractivity contribution < 1.29 is 28.9 Å². The maximum absolute atomic E-state index is 17.4. The standard InChI is InChI=1S/C38H39Cl2FN2O5/c1-6-11-18-48-38-30-29(36(46)27-25(44)16-17-26(45)28(27)37(30)47)31(41)34(42-32-19(7-2)12-14-23(39)21(32)9-4)35(38)43-33-20(8-3)13-15-24(40)22(33)10-5/h12-17,42-45H,6-11,18H2,1-5H3. The van der Waals surface area contributed by atoms with Crippen LogP contribution in [0, 0.1) is 5.82 Å². The van der Waals surface area contributed by atoms with Gasteiger partial charge in [0.25, 0.3) is 0 Å². The number of fused-ring (bicyclic) bond motifs is 2. The number of phenols is 2. The van der Waals surface area contributed by atoms with Crippen LogP contribution in [-0.4, -0.2) is 28.4 Å². The van der Waals surface area contributed by atoms with E-state index in [9.17, 15) is 19.8 Å². The van der Waals surface area contributed by atoms with Gasteiger partial charge in [0.1, 0.15) is 22.9 Å². The van der Waals surface area contributed by atoms with Crippen LogP contribution >= 0.6 is 23.2 Å². The quantitative estimate of drug-likeness (QED) is 0.0761. The van der Waals surface area contributed by atoms with E-state index in [4.69, 9.17) is 27.9 Å². The van der Waals surface area contributed by atoms with Crippen molar-refractivity contribution in [1.29, 1.82) is 0 Å². The van der Waals surface area contributed by atoms with E-state index in [1.807, 2.05) is 52.8 Å². The first-order valence-corrected chi connectivity index (χ1v) is 17.1. The van der Waals surface area contributed by atoms with Gasteiger partial charge in [0.2, 0.25) is 11.6 Å². The van der Waals surface area contributed by atoms with Gasteiger partial charge in [-0.2, -0.15) is 0 Å². The molecule has 48 heavy (non-hydrogen) atoms. The summed E-state index contributed by atoms with van der Waals surface area (Å²) < 4.78 is 23.8. The van der Waals surface area contributed by atoms with E-state index in [2.05, 4.69) is 10.6 Å². The summed E-state index contributed by atoms with van der Waals surface area (Å²) in [5.41, 5.74) is 2.62. The maximum Gasteiger partial charge on any atom is 0.202 e. The minimum absolute atomic E-state index is 0.0590. The van der Waals surface area contributed by atoms with Crippen molar-refractivity contribution in [1.82, 2.24) is 0 Å². The first kappa shape index (κ1) is 35.0. The molecule has 10 heteroatoms. The van der Waals surface area contributed by atoms with E-state index >= 15 is 4.39 Å². The number of rotatable bonds is 12. The van der Waals surface area contributed by atoms with E-state index in [1.165, 1.54) is 0 Å². The van der Waals surface area contributed by atoms with E-state index in [1.54, 1.807) is 6.07 Å². The lowest BCUT2D eigenvalue weighted by Crippen LogP contribution is -2.25. The third kappa shape index (κ3) is 5.96. The van der Waals surface area contributed by atoms with Crippen molar-refractivity contribution in [2.24, 2.45) is 0 Å². The molecule has 4 aromatic rings. The number of hydrogen-bond donors (Lipinski definition) is 4. The predicted octanol–water partition coefficient (Wildman–Crippen LogP) is 10.2. The Bertz CT molecular complexity index is 1940. The van der Waals surface area contributed by atoms with Crippen LogP contribution < -0.4 is 15.4 Å². The van der Waals surface area contributed by atoms with Crippen LogP contribution in [0.1, 0.15) is 102 Å². The molecular weight excluding hydrogens is 654 g/mol. The summed E-state index contributed by atoms with van der Waals surface area (Å²) in [4.78, 5) is 28.4. The van der Waals surface area contributed by atoms with Gasteiger partial charge in [-0.25, -0.2) is 4.39 Å². The number of hydrogen-bond acceptors (Lipinski definition) is 7. The second kappa shape index (κ2) is 14.5. The molecule has 0 saturated heterocycles. The molecule has 1 aliphatic rings. The van der Waals surface area contributed by atoms with E-state index < -0.39 is 45.6 Å². The SMILES string of the molecule is CCCCOc1c(Nc2c(CC)ccc(Cl)c2CC)c(Nc2c(CC)ccc(Cl)c2CC)c(F)c2c1C(=O)c1c(O)ccc(O)c1C2=O. The molecule has 7 nitrogen and oxygen atoms in total. The fourth-order valence-corrected chi connectivity index (χ4v) is 6.88. The summed E-state index contributed by atoms with van der Waals surface area (Å²) in [6.07, 6.45) is 3.64. The van der Waals surface area contributed by atoms with Gasteiger partial charge in [-0.05, 0) is 78.6 Å². The molecule has 0 radical (unpaired) electrons. The first-order chi connectivity index (χ1) is 23.0. The monoisotopic (exact) mass is 692 g/mol. The predicted molar refractivity (Wildman–Crippen MR) is 190 cm³/mol. The highest BCUT2D eigenvalue weighted by Crippen LogP contribution is 2.51. The minimum Gasteiger partial charge on any atom is -0.507 e. The van der Waals surface area contributed by atoms with Crippen LogP contribution in [0.4, 0.5) is 27.1 Å². The molecule has 0 fully saturated rings. The summed E-state index contributed by atoms with van der Waals surface area (Å²) in [5, 5.41) is 29.2. The summed E-state index contributed by atoms with van der Waals surface area (Å²) in [7, 11) is 0. The summed E-state index contributed by atoms with van der Waals surface area (Å²) >= 11 is 13.3. The third-order valence-corrected chi connectivity index (χ3v) is 9.57. The van der Waals surface area contributed by atoms with Gasteiger partial charge in [0.15, 0.2) is 11.6 Å². The summed E-state index contributed by atoms with van der Waals surface area (Å²) in [5.74, 6) is -3.95. The Morgan fingerprint density at radius 3 is 1.58 bits per heavy atom. The number of unbranched alkanes of at least 4 members (excludes halogenated alkanes) is 1. The van der Waals surface area contributed by atoms with Crippen molar-refractivity contribution in [3.63, 3.8) is 0 Å². The highest BCUT2D eigenvalue weighted by molar-refractivity contribution is 6.33. The molecular formula is C38H39Cl2FN2O5. The fraction of sp³-hybridized carbons (Fsp3) is 0.316. The summed E-state index contributed by atoms with van der Waals surface area (Å²) in [6, 6.07) is 9.58. The zero-order valence-electron chi connectivity index (χ0n) is 27.7. The number of phenolic OH excluding ortho intramolecular Hbond substituents is 2. The van der Waals surface area contributed by atoms with Crippen LogP contribution in [0.25, 0.3) is 0 Å². The van der Waals surface area contributed by atoms with Crippen molar-refractivity contribution >= 4 is 57.5 Å². The van der Waals surface area contributed by atoms with Crippen LogP contribution in [0.3, 0.4) is 0 Å². The second-order valence-corrected chi connectivity index (χ2v) is 12.5. The number of carbonyl (C=O) groups excluding carboxylic acids is 2. The Balaban J connectivity index is 1.93. The molecule has 0 atom stereocenters.